The van der Waals surface area contributed by atoms with E-state index in [-0.39, 0.29) is 5.54 Å². The molecule has 0 aromatic rings. The Bertz CT molecular complexity index is 221. The molecule has 1 heteroatoms. The van der Waals surface area contributed by atoms with E-state index in [0.29, 0.717) is 0 Å². The molecule has 0 saturated carbocycles. The first-order chi connectivity index (χ1) is 5.77. The van der Waals surface area contributed by atoms with Crippen molar-refractivity contribution in [3.8, 4) is 0 Å². The molecule has 64 valence electrons. The van der Waals surface area contributed by atoms with Gasteiger partial charge in [0, 0.05) is 0 Å². The van der Waals surface area contributed by atoms with E-state index in [1.165, 1.54) is 0 Å². The topological polar surface area (TPSA) is 26.0 Å². The van der Waals surface area contributed by atoms with Crippen molar-refractivity contribution in [3.63, 3.8) is 0 Å². The van der Waals surface area contributed by atoms with Gasteiger partial charge in [0.1, 0.15) is 0 Å². The third-order valence-electron chi connectivity index (χ3n) is 1.94. The number of hydrogen-bond acceptors (Lipinski definition) is 1. The number of nitrogens with two attached hydrogens (primary N) is 1. The molecule has 0 bridgehead atoms. The zero-order chi connectivity index (χ0) is 8.86. The maximum atomic E-state index is 6.01. The van der Waals surface area contributed by atoms with Crippen molar-refractivity contribution in [2.24, 2.45) is 5.73 Å². The fourth-order valence-electron chi connectivity index (χ4n) is 1.22. The van der Waals surface area contributed by atoms with Gasteiger partial charge in [-0.05, 0) is 12.8 Å². The van der Waals surface area contributed by atoms with Crippen LogP contribution in [0.25, 0.3) is 0 Å². The van der Waals surface area contributed by atoms with Gasteiger partial charge in [0.05, 0.1) is 5.54 Å². The zero-order valence-electron chi connectivity index (χ0n) is 7.24. The van der Waals surface area contributed by atoms with Crippen molar-refractivity contribution >= 4 is 0 Å². The van der Waals surface area contributed by atoms with Crippen molar-refractivity contribution in [1.82, 2.24) is 0 Å². The number of allylic oxidation sites excluding steroid dienone is 5. The normalized spacial score (nSPS) is 19.1. The van der Waals surface area contributed by atoms with E-state index in [1.807, 2.05) is 30.4 Å². The molecule has 0 fully saturated rings. The van der Waals surface area contributed by atoms with E-state index in [9.17, 15) is 0 Å². The lowest BCUT2D eigenvalue weighted by Crippen LogP contribution is -2.33. The van der Waals surface area contributed by atoms with Crippen LogP contribution in [0.2, 0.25) is 0 Å². The molecule has 0 atom stereocenters. The van der Waals surface area contributed by atoms with Gasteiger partial charge in [-0.25, -0.2) is 0 Å². The first-order valence-electron chi connectivity index (χ1n) is 4.20. The Morgan fingerprint density at radius 1 is 1.33 bits per heavy atom. The van der Waals surface area contributed by atoms with Crippen LogP contribution >= 0.6 is 0 Å². The number of rotatable bonds is 4. The summed E-state index contributed by atoms with van der Waals surface area (Å²) in [4.78, 5) is 0. The molecule has 1 aliphatic rings. The lowest BCUT2D eigenvalue weighted by atomic mass is 9.97. The van der Waals surface area contributed by atoms with Crippen LogP contribution in [0.15, 0.2) is 49.1 Å². The van der Waals surface area contributed by atoms with Crippen LogP contribution in [-0.2, 0) is 0 Å². The Hall–Kier alpha value is -1.08. The first kappa shape index (κ1) is 9.01. The van der Waals surface area contributed by atoms with E-state index >= 15 is 0 Å². The van der Waals surface area contributed by atoms with Crippen LogP contribution in [0.1, 0.15) is 12.8 Å². The molecular weight excluding hydrogens is 146 g/mol. The van der Waals surface area contributed by atoms with Gasteiger partial charge in [-0.2, -0.15) is 0 Å². The molecule has 0 aliphatic heterocycles. The molecule has 12 heavy (non-hydrogen) atoms. The van der Waals surface area contributed by atoms with Crippen molar-refractivity contribution in [2.75, 3.05) is 0 Å². The van der Waals surface area contributed by atoms with Gasteiger partial charge >= 0.3 is 0 Å². The van der Waals surface area contributed by atoms with Crippen molar-refractivity contribution < 1.29 is 0 Å². The highest BCUT2D eigenvalue weighted by molar-refractivity contribution is 5.29. The third kappa shape index (κ3) is 2.51. The van der Waals surface area contributed by atoms with Crippen LogP contribution in [0.5, 0.6) is 0 Å². The predicted molar refractivity (Wildman–Crippen MR) is 53.8 cm³/mol. The van der Waals surface area contributed by atoms with Crippen LogP contribution in [-0.4, -0.2) is 5.54 Å². The molecule has 1 nitrogen and oxygen atoms in total. The summed E-state index contributed by atoms with van der Waals surface area (Å²) in [5.41, 5.74) is 5.81. The molecule has 1 rings (SSSR count). The Morgan fingerprint density at radius 2 is 2.00 bits per heavy atom. The summed E-state index contributed by atoms with van der Waals surface area (Å²) in [5, 5.41) is 0. The van der Waals surface area contributed by atoms with Crippen LogP contribution in [0, 0.1) is 0 Å². The second kappa shape index (κ2) is 4.07. The predicted octanol–water partition coefficient (Wildman–Crippen LogP) is 2.33. The summed E-state index contributed by atoms with van der Waals surface area (Å²) in [6.07, 6.45) is 15.8. The van der Waals surface area contributed by atoms with Gasteiger partial charge in [0.2, 0.25) is 0 Å². The molecule has 1 aliphatic carbocycles. The maximum absolute atomic E-state index is 6.01. The van der Waals surface area contributed by atoms with E-state index in [0.717, 1.165) is 12.8 Å². The summed E-state index contributed by atoms with van der Waals surface area (Å²) >= 11 is 0. The maximum Gasteiger partial charge on any atom is 0.0534 e. The van der Waals surface area contributed by atoms with Crippen molar-refractivity contribution in [1.29, 1.82) is 0 Å². The lowest BCUT2D eigenvalue weighted by Gasteiger charge is -2.17. The summed E-state index contributed by atoms with van der Waals surface area (Å²) in [7, 11) is 0. The minimum Gasteiger partial charge on any atom is -0.319 e. The third-order valence-corrected chi connectivity index (χ3v) is 1.94. The minimum absolute atomic E-state index is 0.203. The molecule has 0 heterocycles. The molecule has 0 unspecified atom stereocenters. The highest BCUT2D eigenvalue weighted by Gasteiger charge is 2.18. The van der Waals surface area contributed by atoms with Gasteiger partial charge in [-0.3, -0.25) is 0 Å². The second-order valence-corrected chi connectivity index (χ2v) is 3.03. The summed E-state index contributed by atoms with van der Waals surface area (Å²) in [5.74, 6) is 0. The monoisotopic (exact) mass is 161 g/mol. The summed E-state index contributed by atoms with van der Waals surface area (Å²) < 4.78 is 0. The lowest BCUT2D eigenvalue weighted by molar-refractivity contribution is 0.606. The molecule has 0 radical (unpaired) electrons. The number of hydrogen-bond donors (Lipinski definition) is 1. The van der Waals surface area contributed by atoms with Crippen LogP contribution < -0.4 is 5.73 Å². The summed E-state index contributed by atoms with van der Waals surface area (Å²) in [6, 6.07) is 0. The van der Waals surface area contributed by atoms with Gasteiger partial charge in [-0.15, -0.1) is 0 Å². The van der Waals surface area contributed by atoms with E-state index < -0.39 is 0 Å². The Labute approximate surface area is 74.0 Å². The fraction of sp³-hybridized carbons (Fsp3) is 0.273. The van der Waals surface area contributed by atoms with Crippen LogP contribution in [0.3, 0.4) is 0 Å². The fourth-order valence-corrected chi connectivity index (χ4v) is 1.22. The van der Waals surface area contributed by atoms with Gasteiger partial charge < -0.3 is 5.73 Å². The molecule has 0 saturated heterocycles. The Morgan fingerprint density at radius 3 is 2.58 bits per heavy atom. The first-order valence-corrected chi connectivity index (χ1v) is 4.20. The molecule has 0 aromatic carbocycles. The average Bonchev–Trinajstić information content (AvgIpc) is 2.47. The molecule has 2 N–H and O–H groups in total. The SMILES string of the molecule is C=C/C=C\CCC1(N)C=CC=C1. The second-order valence-electron chi connectivity index (χ2n) is 3.03. The van der Waals surface area contributed by atoms with E-state index in [4.69, 9.17) is 5.73 Å². The van der Waals surface area contributed by atoms with Crippen LogP contribution in [0.4, 0.5) is 0 Å². The zero-order valence-corrected chi connectivity index (χ0v) is 7.24. The Balaban J connectivity index is 2.31. The minimum atomic E-state index is -0.203. The molecule has 0 amide bonds. The van der Waals surface area contributed by atoms with Gasteiger partial charge in [0.25, 0.3) is 0 Å². The molecular formula is C11H15N. The standard InChI is InChI=1S/C11H15N/c1-2-3-4-5-8-11(12)9-6-7-10-11/h2-4,6-7,9-10H,1,5,8,12H2/b4-3-. The molecule has 0 spiro atoms. The van der Waals surface area contributed by atoms with Crippen molar-refractivity contribution in [3.05, 3.63) is 49.1 Å². The highest BCUT2D eigenvalue weighted by Crippen LogP contribution is 2.18. The quantitative estimate of drug-likeness (QED) is 0.629. The highest BCUT2D eigenvalue weighted by atomic mass is 14.7. The largest absolute Gasteiger partial charge is 0.319 e. The average molecular weight is 161 g/mol. The van der Waals surface area contributed by atoms with E-state index in [1.54, 1.807) is 6.08 Å². The van der Waals surface area contributed by atoms with Gasteiger partial charge in [-0.1, -0.05) is 49.1 Å². The van der Waals surface area contributed by atoms with E-state index in [2.05, 4.69) is 12.7 Å². The summed E-state index contributed by atoms with van der Waals surface area (Å²) in [6.45, 7) is 3.60. The van der Waals surface area contributed by atoms with Gasteiger partial charge in [0.15, 0.2) is 0 Å². The smallest absolute Gasteiger partial charge is 0.0534 e. The molecule has 0 aromatic heterocycles. The van der Waals surface area contributed by atoms with Crippen molar-refractivity contribution in [2.45, 2.75) is 18.4 Å². The Kier molecular flexibility index (Phi) is 3.06.